The first-order valence-electron chi connectivity index (χ1n) is 12.4. The van der Waals surface area contributed by atoms with E-state index in [4.69, 9.17) is 31.1 Å². The fraction of sp³-hybridized carbons (Fsp3) is 0.500. The summed E-state index contributed by atoms with van der Waals surface area (Å²) in [7, 11) is 0. The van der Waals surface area contributed by atoms with Crippen LogP contribution in [0.3, 0.4) is 0 Å². The Balaban J connectivity index is 1.83. The van der Waals surface area contributed by atoms with Crippen molar-refractivity contribution >= 4 is 35.2 Å². The van der Waals surface area contributed by atoms with Gasteiger partial charge < -0.3 is 9.47 Å². The molecule has 3 atom stereocenters. The fourth-order valence-electron chi connectivity index (χ4n) is 4.37. The molecular formula is C28H35ClF2N2O2S. The molecule has 0 N–H and O–H groups in total. The zero-order valence-corrected chi connectivity index (χ0v) is 23.3. The number of hydrogen-bond acceptors (Lipinski definition) is 5. The van der Waals surface area contributed by atoms with Gasteiger partial charge in [0.15, 0.2) is 0 Å². The molecule has 1 heterocycles. The van der Waals surface area contributed by atoms with Crippen molar-refractivity contribution in [1.82, 2.24) is 0 Å². The van der Waals surface area contributed by atoms with Crippen LogP contribution in [0.1, 0.15) is 71.4 Å². The molecule has 0 aliphatic carbocycles. The molecule has 36 heavy (non-hydrogen) atoms. The molecule has 1 aliphatic rings. The molecule has 8 heteroatoms. The van der Waals surface area contributed by atoms with Crippen LogP contribution in [0, 0.1) is 5.92 Å². The molecule has 0 saturated heterocycles. The third kappa shape index (κ3) is 6.80. The van der Waals surface area contributed by atoms with E-state index in [1.165, 1.54) is 23.9 Å². The van der Waals surface area contributed by atoms with Crippen molar-refractivity contribution in [3.05, 3.63) is 58.6 Å². The SMILES string of the molecule is CCOC1=N[C@](C)(CC(C)c2ccc(Sc3cccc(C(F)F)c3)cc2Cl)C(OCC)=N[C@H]1C(C)C. The Bertz CT molecular complexity index is 1110. The van der Waals surface area contributed by atoms with Gasteiger partial charge in [-0.25, -0.2) is 18.8 Å². The van der Waals surface area contributed by atoms with Crippen molar-refractivity contribution in [2.75, 3.05) is 13.2 Å². The van der Waals surface area contributed by atoms with Crippen molar-refractivity contribution in [2.45, 2.75) is 81.7 Å². The molecule has 0 fully saturated rings. The summed E-state index contributed by atoms with van der Waals surface area (Å²) >= 11 is 8.13. The molecule has 4 nitrogen and oxygen atoms in total. The number of ether oxygens (including phenoxy) is 2. The minimum atomic E-state index is -2.50. The van der Waals surface area contributed by atoms with Crippen LogP contribution >= 0.6 is 23.4 Å². The Labute approximate surface area is 222 Å². The molecular weight excluding hydrogens is 502 g/mol. The maximum Gasteiger partial charge on any atom is 0.263 e. The Kier molecular flexibility index (Phi) is 9.81. The van der Waals surface area contributed by atoms with Crippen LogP contribution in [0.25, 0.3) is 0 Å². The minimum Gasteiger partial charge on any atom is -0.480 e. The molecule has 3 rings (SSSR count). The van der Waals surface area contributed by atoms with E-state index in [-0.39, 0.29) is 23.4 Å². The standard InChI is InChI=1S/C28H35ClF2N2O2S/c1-7-34-26-24(17(3)4)32-27(35-8-2)28(6,33-26)16-18(5)22-13-12-21(15-23(22)29)36-20-11-9-10-19(14-20)25(30)31/h9-15,17-18,24-25H,7-8,16H2,1-6H3/t18?,24-,28+/m0/s1. The highest BCUT2D eigenvalue weighted by Gasteiger charge is 2.41. The molecule has 0 aromatic heterocycles. The first kappa shape index (κ1) is 28.5. The molecule has 1 aliphatic heterocycles. The summed E-state index contributed by atoms with van der Waals surface area (Å²) in [5, 5.41) is 0.626. The molecule has 2 aromatic carbocycles. The Morgan fingerprint density at radius 3 is 2.33 bits per heavy atom. The van der Waals surface area contributed by atoms with E-state index in [9.17, 15) is 8.78 Å². The lowest BCUT2D eigenvalue weighted by Crippen LogP contribution is -2.46. The predicted molar refractivity (Wildman–Crippen MR) is 145 cm³/mol. The summed E-state index contributed by atoms with van der Waals surface area (Å²) in [5.74, 6) is 1.56. The largest absolute Gasteiger partial charge is 0.480 e. The predicted octanol–water partition coefficient (Wildman–Crippen LogP) is 8.59. The smallest absolute Gasteiger partial charge is 0.263 e. The summed E-state index contributed by atoms with van der Waals surface area (Å²) in [6.45, 7) is 13.3. The van der Waals surface area contributed by atoms with Crippen molar-refractivity contribution in [2.24, 2.45) is 15.9 Å². The van der Waals surface area contributed by atoms with Crippen molar-refractivity contribution < 1.29 is 18.3 Å². The van der Waals surface area contributed by atoms with Gasteiger partial charge in [0.1, 0.15) is 11.6 Å². The number of hydrogen-bond donors (Lipinski definition) is 0. The second-order valence-corrected chi connectivity index (χ2v) is 11.0. The van der Waals surface area contributed by atoms with E-state index < -0.39 is 12.0 Å². The van der Waals surface area contributed by atoms with Crippen LogP contribution in [0.4, 0.5) is 8.78 Å². The minimum absolute atomic E-state index is 0.00974. The van der Waals surface area contributed by atoms with Gasteiger partial charge in [-0.15, -0.1) is 0 Å². The molecule has 0 spiro atoms. The number of halogens is 3. The second kappa shape index (κ2) is 12.4. The Hall–Kier alpha value is -2.12. The lowest BCUT2D eigenvalue weighted by Gasteiger charge is -2.36. The zero-order valence-electron chi connectivity index (χ0n) is 21.7. The van der Waals surface area contributed by atoms with E-state index in [1.807, 2.05) is 45.0 Å². The van der Waals surface area contributed by atoms with Gasteiger partial charge in [-0.3, -0.25) is 0 Å². The Morgan fingerprint density at radius 1 is 1.03 bits per heavy atom. The normalized spacial score (nSPS) is 20.8. The van der Waals surface area contributed by atoms with Gasteiger partial charge in [-0.05, 0) is 68.9 Å². The first-order valence-corrected chi connectivity index (χ1v) is 13.6. The van der Waals surface area contributed by atoms with Crippen molar-refractivity contribution in [3.8, 4) is 0 Å². The summed E-state index contributed by atoms with van der Waals surface area (Å²) in [5.41, 5.74) is 0.312. The van der Waals surface area contributed by atoms with Crippen LogP contribution in [-0.4, -0.2) is 36.6 Å². The monoisotopic (exact) mass is 536 g/mol. The molecule has 1 unspecified atom stereocenters. The van der Waals surface area contributed by atoms with Gasteiger partial charge in [0.2, 0.25) is 11.8 Å². The lowest BCUT2D eigenvalue weighted by molar-refractivity contribution is 0.151. The van der Waals surface area contributed by atoms with E-state index in [2.05, 4.69) is 20.8 Å². The van der Waals surface area contributed by atoms with E-state index >= 15 is 0 Å². The van der Waals surface area contributed by atoms with Gasteiger partial charge in [-0.1, -0.05) is 62.3 Å². The van der Waals surface area contributed by atoms with Gasteiger partial charge >= 0.3 is 0 Å². The number of nitrogens with zero attached hydrogens (tertiary/aromatic N) is 2. The van der Waals surface area contributed by atoms with Crippen molar-refractivity contribution in [3.63, 3.8) is 0 Å². The van der Waals surface area contributed by atoms with Crippen LogP contribution in [0.2, 0.25) is 5.02 Å². The van der Waals surface area contributed by atoms with Gasteiger partial charge in [0.25, 0.3) is 6.43 Å². The maximum absolute atomic E-state index is 13.1. The summed E-state index contributed by atoms with van der Waals surface area (Å²) in [6.07, 6.45) is -1.86. The highest BCUT2D eigenvalue weighted by atomic mass is 35.5. The van der Waals surface area contributed by atoms with E-state index in [0.29, 0.717) is 36.5 Å². The van der Waals surface area contributed by atoms with E-state index in [0.717, 1.165) is 15.4 Å². The van der Waals surface area contributed by atoms with Crippen LogP contribution in [0.5, 0.6) is 0 Å². The first-order chi connectivity index (χ1) is 17.1. The third-order valence-electron chi connectivity index (χ3n) is 6.08. The molecule has 0 bridgehead atoms. The molecule has 196 valence electrons. The molecule has 2 aromatic rings. The average Bonchev–Trinajstić information content (AvgIpc) is 2.81. The van der Waals surface area contributed by atoms with Crippen LogP contribution in [0.15, 0.2) is 62.2 Å². The number of benzene rings is 2. The fourth-order valence-corrected chi connectivity index (χ4v) is 5.73. The molecule has 0 saturated carbocycles. The Morgan fingerprint density at radius 2 is 1.72 bits per heavy atom. The van der Waals surface area contributed by atoms with Gasteiger partial charge in [0, 0.05) is 20.4 Å². The average molecular weight is 537 g/mol. The van der Waals surface area contributed by atoms with Crippen LogP contribution in [-0.2, 0) is 9.47 Å². The highest BCUT2D eigenvalue weighted by molar-refractivity contribution is 7.99. The zero-order chi connectivity index (χ0) is 26.5. The van der Waals surface area contributed by atoms with E-state index in [1.54, 1.807) is 6.07 Å². The lowest BCUT2D eigenvalue weighted by atomic mass is 9.84. The topological polar surface area (TPSA) is 43.2 Å². The summed E-state index contributed by atoms with van der Waals surface area (Å²) < 4.78 is 38.0. The maximum atomic E-state index is 13.1. The highest BCUT2D eigenvalue weighted by Crippen LogP contribution is 2.39. The number of aliphatic imine (C=N–C) groups is 2. The summed E-state index contributed by atoms with van der Waals surface area (Å²) in [6, 6.07) is 12.1. The van der Waals surface area contributed by atoms with Crippen molar-refractivity contribution in [1.29, 1.82) is 0 Å². The molecule has 0 amide bonds. The number of alkyl halides is 2. The molecule has 0 radical (unpaired) electrons. The summed E-state index contributed by atoms with van der Waals surface area (Å²) in [4.78, 5) is 11.6. The van der Waals surface area contributed by atoms with Gasteiger partial charge in [0.05, 0.1) is 13.2 Å². The quantitative estimate of drug-likeness (QED) is 0.322. The third-order valence-corrected chi connectivity index (χ3v) is 7.39. The second-order valence-electron chi connectivity index (χ2n) is 9.48. The number of rotatable bonds is 9. The van der Waals surface area contributed by atoms with Crippen LogP contribution < -0.4 is 0 Å². The van der Waals surface area contributed by atoms with Gasteiger partial charge in [-0.2, -0.15) is 0 Å².